The Bertz CT molecular complexity index is 1050. The number of pyridine rings is 1. The molecule has 1 amide bonds. The summed E-state index contributed by atoms with van der Waals surface area (Å²) in [6.07, 6.45) is 4.68. The van der Waals surface area contributed by atoms with Crippen LogP contribution in [-0.2, 0) is 6.42 Å². The number of aromatic nitrogens is 1. The summed E-state index contributed by atoms with van der Waals surface area (Å²) < 4.78 is 38.6. The Morgan fingerprint density at radius 1 is 1.30 bits per heavy atom. The SMILES string of the molecule is CCCCCc1cc2c(N)c(C(=O)NC3=CC=C(C(F)(F)F)CC=C3)sc2nc1C. The number of carbonyl (C=O) groups excluding carboxylic acids is 1. The van der Waals surface area contributed by atoms with E-state index >= 15 is 0 Å². The molecule has 8 heteroatoms. The number of nitrogens with two attached hydrogens (primary N) is 1. The van der Waals surface area contributed by atoms with E-state index in [4.69, 9.17) is 5.73 Å². The minimum absolute atomic E-state index is 0.242. The highest BCUT2D eigenvalue weighted by molar-refractivity contribution is 7.21. The topological polar surface area (TPSA) is 68.0 Å². The van der Waals surface area contributed by atoms with Crippen LogP contribution in [-0.4, -0.2) is 17.1 Å². The van der Waals surface area contributed by atoms with Crippen LogP contribution < -0.4 is 11.1 Å². The van der Waals surface area contributed by atoms with Crippen LogP contribution in [0.2, 0.25) is 0 Å². The van der Waals surface area contributed by atoms with Gasteiger partial charge in [0.1, 0.15) is 9.71 Å². The third-order valence-corrected chi connectivity index (χ3v) is 6.11. The molecule has 0 saturated carbocycles. The van der Waals surface area contributed by atoms with E-state index in [-0.39, 0.29) is 12.1 Å². The van der Waals surface area contributed by atoms with E-state index in [1.165, 1.54) is 29.6 Å². The molecule has 4 nitrogen and oxygen atoms in total. The van der Waals surface area contributed by atoms with Gasteiger partial charge in [0.25, 0.3) is 5.91 Å². The van der Waals surface area contributed by atoms with Gasteiger partial charge in [-0.1, -0.05) is 31.9 Å². The normalized spacial score (nSPS) is 14.4. The molecule has 0 aromatic carbocycles. The summed E-state index contributed by atoms with van der Waals surface area (Å²) in [5.41, 5.74) is 8.24. The number of unbranched alkanes of at least 4 members (excludes halogenated alkanes) is 2. The van der Waals surface area contributed by atoms with Gasteiger partial charge < -0.3 is 11.1 Å². The molecule has 2 aromatic heterocycles. The number of nitrogen functional groups attached to an aromatic ring is 1. The predicted octanol–water partition coefficient (Wildman–Crippen LogP) is 5.98. The minimum Gasteiger partial charge on any atom is -0.397 e. The summed E-state index contributed by atoms with van der Waals surface area (Å²) in [6.45, 7) is 4.09. The van der Waals surface area contributed by atoms with Crippen LogP contribution in [0.5, 0.6) is 0 Å². The molecule has 1 aliphatic carbocycles. The zero-order chi connectivity index (χ0) is 21.9. The zero-order valence-corrected chi connectivity index (χ0v) is 17.7. The van der Waals surface area contributed by atoms with Gasteiger partial charge in [0.15, 0.2) is 0 Å². The second-order valence-electron chi connectivity index (χ2n) is 7.26. The fourth-order valence-corrected chi connectivity index (χ4v) is 4.28. The molecule has 1 aliphatic rings. The molecule has 0 aliphatic heterocycles. The lowest BCUT2D eigenvalue weighted by atomic mass is 10.0. The van der Waals surface area contributed by atoms with Crippen molar-refractivity contribution < 1.29 is 18.0 Å². The molecule has 0 unspecified atom stereocenters. The smallest absolute Gasteiger partial charge is 0.397 e. The monoisotopic (exact) mass is 435 g/mol. The first-order valence-corrected chi connectivity index (χ1v) is 10.7. The zero-order valence-electron chi connectivity index (χ0n) is 16.9. The molecule has 30 heavy (non-hydrogen) atoms. The van der Waals surface area contributed by atoms with E-state index < -0.39 is 17.7 Å². The number of hydrogen-bond donors (Lipinski definition) is 2. The molecule has 0 atom stereocenters. The van der Waals surface area contributed by atoms with Crippen molar-refractivity contribution >= 4 is 33.1 Å². The first-order valence-electron chi connectivity index (χ1n) is 9.85. The molecule has 0 fully saturated rings. The maximum atomic E-state index is 12.9. The number of alkyl halides is 3. The van der Waals surface area contributed by atoms with E-state index in [0.29, 0.717) is 15.4 Å². The van der Waals surface area contributed by atoms with Gasteiger partial charge in [-0.25, -0.2) is 4.98 Å². The molecule has 0 bridgehead atoms. The molecule has 0 saturated heterocycles. The summed E-state index contributed by atoms with van der Waals surface area (Å²) in [6, 6.07) is 2.00. The van der Waals surface area contributed by atoms with Crippen molar-refractivity contribution in [1.29, 1.82) is 0 Å². The van der Waals surface area contributed by atoms with Crippen LogP contribution in [0.1, 0.15) is 53.5 Å². The molecule has 2 heterocycles. The maximum absolute atomic E-state index is 12.9. The Balaban J connectivity index is 1.84. The number of fused-ring (bicyclic) bond motifs is 1. The number of halogens is 3. The van der Waals surface area contributed by atoms with Gasteiger partial charge in [-0.3, -0.25) is 4.79 Å². The summed E-state index contributed by atoms with van der Waals surface area (Å²) in [5.74, 6) is -0.458. The average Bonchev–Trinajstić information content (AvgIpc) is 2.84. The van der Waals surface area contributed by atoms with Crippen molar-refractivity contribution in [2.75, 3.05) is 5.73 Å². The van der Waals surface area contributed by atoms with Gasteiger partial charge in [-0.15, -0.1) is 11.3 Å². The lowest BCUT2D eigenvalue weighted by Crippen LogP contribution is -2.21. The molecule has 3 N–H and O–H groups in total. The van der Waals surface area contributed by atoms with Crippen molar-refractivity contribution in [1.82, 2.24) is 10.3 Å². The van der Waals surface area contributed by atoms with Crippen molar-refractivity contribution in [3.05, 3.63) is 57.8 Å². The number of amides is 1. The van der Waals surface area contributed by atoms with Crippen LogP contribution in [0.3, 0.4) is 0 Å². The van der Waals surface area contributed by atoms with E-state index in [2.05, 4.69) is 17.2 Å². The third-order valence-electron chi connectivity index (χ3n) is 4.99. The first kappa shape index (κ1) is 22.1. The Kier molecular flexibility index (Phi) is 6.65. The van der Waals surface area contributed by atoms with Crippen LogP contribution in [0, 0.1) is 6.92 Å². The van der Waals surface area contributed by atoms with Gasteiger partial charge in [0, 0.05) is 22.4 Å². The number of allylic oxidation sites excluding steroid dienone is 5. The Morgan fingerprint density at radius 3 is 2.77 bits per heavy atom. The summed E-state index contributed by atoms with van der Waals surface area (Å²) in [4.78, 5) is 18.3. The van der Waals surface area contributed by atoms with Crippen molar-refractivity contribution in [2.45, 2.75) is 52.1 Å². The van der Waals surface area contributed by atoms with E-state index in [0.717, 1.165) is 48.4 Å². The van der Waals surface area contributed by atoms with E-state index in [1.54, 1.807) is 0 Å². The number of nitrogens with one attached hydrogen (secondary N) is 1. The standard InChI is InChI=1S/C22H24F3N3OS/c1-3-4-5-7-14-12-17-18(26)19(30-21(17)27-13(14)2)20(29)28-16-9-6-8-15(10-11-16)22(23,24)25/h6,9-12H,3-5,7-8,26H2,1-2H3,(H,28,29). The molecule has 2 aromatic rings. The van der Waals surface area contributed by atoms with Gasteiger partial charge in [-0.05, 0) is 50.0 Å². The summed E-state index contributed by atoms with van der Waals surface area (Å²) in [7, 11) is 0. The summed E-state index contributed by atoms with van der Waals surface area (Å²) in [5, 5.41) is 3.39. The number of rotatable bonds is 6. The van der Waals surface area contributed by atoms with Crippen LogP contribution in [0.25, 0.3) is 10.2 Å². The van der Waals surface area contributed by atoms with Crippen LogP contribution in [0.15, 0.2) is 41.6 Å². The first-order chi connectivity index (χ1) is 14.2. The highest BCUT2D eigenvalue weighted by Gasteiger charge is 2.32. The largest absolute Gasteiger partial charge is 0.412 e. The second-order valence-corrected chi connectivity index (χ2v) is 8.26. The number of anilines is 1. The van der Waals surface area contributed by atoms with Gasteiger partial charge >= 0.3 is 6.18 Å². The molecule has 3 rings (SSSR count). The van der Waals surface area contributed by atoms with Crippen LogP contribution in [0.4, 0.5) is 18.9 Å². The fourth-order valence-electron chi connectivity index (χ4n) is 3.26. The molecule has 160 valence electrons. The number of nitrogens with zero attached hydrogens (tertiary/aromatic N) is 1. The van der Waals surface area contributed by atoms with Gasteiger partial charge in [0.05, 0.1) is 5.69 Å². The number of thiophene rings is 1. The average molecular weight is 436 g/mol. The van der Waals surface area contributed by atoms with Crippen LogP contribution >= 0.6 is 11.3 Å². The Morgan fingerprint density at radius 2 is 2.07 bits per heavy atom. The quantitative estimate of drug-likeness (QED) is 0.548. The highest BCUT2D eigenvalue weighted by Crippen LogP contribution is 2.34. The summed E-state index contributed by atoms with van der Waals surface area (Å²) >= 11 is 1.19. The third kappa shape index (κ3) is 4.92. The maximum Gasteiger partial charge on any atom is 0.412 e. The number of carbonyl (C=O) groups is 1. The Hall–Kier alpha value is -2.61. The van der Waals surface area contributed by atoms with E-state index in [1.807, 2.05) is 13.0 Å². The second kappa shape index (κ2) is 9.04. The Labute approximate surface area is 177 Å². The fraction of sp³-hybridized carbons (Fsp3) is 0.364. The van der Waals surface area contributed by atoms with Gasteiger partial charge in [-0.2, -0.15) is 13.2 Å². The number of aryl methyl sites for hydroxylation is 2. The molecule has 0 radical (unpaired) electrons. The van der Waals surface area contributed by atoms with Gasteiger partial charge in [0.2, 0.25) is 0 Å². The lowest BCUT2D eigenvalue weighted by Gasteiger charge is -2.07. The minimum atomic E-state index is -4.39. The van der Waals surface area contributed by atoms with Crippen molar-refractivity contribution in [3.63, 3.8) is 0 Å². The van der Waals surface area contributed by atoms with E-state index in [9.17, 15) is 18.0 Å². The number of hydrogen-bond acceptors (Lipinski definition) is 4. The van der Waals surface area contributed by atoms with Crippen molar-refractivity contribution in [2.24, 2.45) is 0 Å². The lowest BCUT2D eigenvalue weighted by molar-refractivity contribution is -0.0928. The molecule has 0 spiro atoms. The molecular weight excluding hydrogens is 411 g/mol. The predicted molar refractivity (Wildman–Crippen MR) is 115 cm³/mol. The van der Waals surface area contributed by atoms with Crippen molar-refractivity contribution in [3.8, 4) is 0 Å². The highest BCUT2D eigenvalue weighted by atomic mass is 32.1. The molecular formula is C22H24F3N3OS.